The second kappa shape index (κ2) is 10.9. The highest BCUT2D eigenvalue weighted by atomic mass is 16.5. The molecule has 0 radical (unpaired) electrons. The number of aromatic nitrogens is 1. The van der Waals surface area contributed by atoms with Crippen molar-refractivity contribution in [3.63, 3.8) is 0 Å². The average Bonchev–Trinajstić information content (AvgIpc) is 3.15. The lowest BCUT2D eigenvalue weighted by Crippen LogP contribution is -2.32. The molecular weight excluding hydrogens is 438 g/mol. The Morgan fingerprint density at radius 1 is 1.00 bits per heavy atom. The zero-order chi connectivity index (χ0) is 24.0. The van der Waals surface area contributed by atoms with Gasteiger partial charge in [0, 0.05) is 43.2 Å². The summed E-state index contributed by atoms with van der Waals surface area (Å²) in [5, 5.41) is 1.23. The minimum Gasteiger partial charge on any atom is -0.492 e. The van der Waals surface area contributed by atoms with Crippen molar-refractivity contribution in [1.29, 1.82) is 0 Å². The maximum atomic E-state index is 13.3. The molecule has 0 saturated carbocycles. The summed E-state index contributed by atoms with van der Waals surface area (Å²) in [6.07, 6.45) is 7.63. The standard InChI is InChI=1S/C29H33N3O3/c33-28-11-5-15-31(28)18-19-35-25-8-3-7-24(21-25)29(34)32-16-4-6-22(13-17-32)20-23-12-14-30-27-10-2-1-9-26(23)27/h1-3,7-10,12,14,21-22H,4-6,11,13,15-20H2/t22-/m1/s1. The lowest BCUT2D eigenvalue weighted by molar-refractivity contribution is -0.128. The number of nitrogens with zero attached hydrogens (tertiary/aromatic N) is 3. The Kier molecular flexibility index (Phi) is 7.26. The van der Waals surface area contributed by atoms with Crippen molar-refractivity contribution in [3.05, 3.63) is 71.9 Å². The van der Waals surface area contributed by atoms with Gasteiger partial charge < -0.3 is 14.5 Å². The molecule has 6 nitrogen and oxygen atoms in total. The van der Waals surface area contributed by atoms with Crippen molar-refractivity contribution < 1.29 is 14.3 Å². The molecular formula is C29H33N3O3. The van der Waals surface area contributed by atoms with Crippen molar-refractivity contribution in [3.8, 4) is 5.75 Å². The van der Waals surface area contributed by atoms with Crippen molar-refractivity contribution >= 4 is 22.7 Å². The van der Waals surface area contributed by atoms with Gasteiger partial charge in [-0.1, -0.05) is 24.3 Å². The number of hydrogen-bond acceptors (Lipinski definition) is 4. The Hall–Kier alpha value is -3.41. The van der Waals surface area contributed by atoms with E-state index >= 15 is 0 Å². The second-order valence-electron chi connectivity index (χ2n) is 9.64. The number of rotatable bonds is 7. The Labute approximate surface area is 206 Å². The predicted molar refractivity (Wildman–Crippen MR) is 136 cm³/mol. The van der Waals surface area contributed by atoms with Gasteiger partial charge in [0.2, 0.25) is 5.91 Å². The number of benzene rings is 2. The molecule has 182 valence electrons. The lowest BCUT2D eigenvalue weighted by atomic mass is 9.91. The fourth-order valence-electron chi connectivity index (χ4n) is 5.33. The zero-order valence-electron chi connectivity index (χ0n) is 20.2. The first-order valence-electron chi connectivity index (χ1n) is 12.8. The molecule has 2 aliphatic heterocycles. The molecule has 2 fully saturated rings. The topological polar surface area (TPSA) is 62.7 Å². The van der Waals surface area contributed by atoms with Gasteiger partial charge in [0.15, 0.2) is 0 Å². The second-order valence-corrected chi connectivity index (χ2v) is 9.64. The Morgan fingerprint density at radius 3 is 2.80 bits per heavy atom. The van der Waals surface area contributed by atoms with Crippen LogP contribution >= 0.6 is 0 Å². The van der Waals surface area contributed by atoms with E-state index in [0.29, 0.717) is 36.8 Å². The van der Waals surface area contributed by atoms with Crippen LogP contribution in [0.3, 0.4) is 0 Å². The third-order valence-electron chi connectivity index (χ3n) is 7.27. The number of ether oxygens (including phenoxy) is 1. The van der Waals surface area contributed by atoms with Gasteiger partial charge in [0.25, 0.3) is 5.91 Å². The summed E-state index contributed by atoms with van der Waals surface area (Å²) in [5.41, 5.74) is 3.06. The van der Waals surface area contributed by atoms with E-state index in [4.69, 9.17) is 4.74 Å². The monoisotopic (exact) mass is 471 g/mol. The van der Waals surface area contributed by atoms with E-state index in [9.17, 15) is 9.59 Å². The maximum absolute atomic E-state index is 13.3. The van der Waals surface area contributed by atoms with Crippen LogP contribution in [0, 0.1) is 5.92 Å². The Morgan fingerprint density at radius 2 is 1.91 bits per heavy atom. The van der Waals surface area contributed by atoms with E-state index in [1.807, 2.05) is 46.3 Å². The first-order valence-corrected chi connectivity index (χ1v) is 12.8. The first kappa shape index (κ1) is 23.3. The molecule has 0 spiro atoms. The van der Waals surface area contributed by atoms with Crippen molar-refractivity contribution in [2.45, 2.75) is 38.5 Å². The molecule has 2 aliphatic rings. The van der Waals surface area contributed by atoms with Crippen LogP contribution in [0.15, 0.2) is 60.8 Å². The van der Waals surface area contributed by atoms with Crippen LogP contribution in [-0.2, 0) is 11.2 Å². The summed E-state index contributed by atoms with van der Waals surface area (Å²) in [4.78, 5) is 33.4. The van der Waals surface area contributed by atoms with E-state index in [2.05, 4.69) is 29.2 Å². The van der Waals surface area contributed by atoms with Gasteiger partial charge in [0.05, 0.1) is 12.1 Å². The number of amides is 2. The van der Waals surface area contributed by atoms with Gasteiger partial charge in [-0.15, -0.1) is 0 Å². The first-order chi connectivity index (χ1) is 17.2. The number of carbonyl (C=O) groups is 2. The van der Waals surface area contributed by atoms with Crippen molar-refractivity contribution in [2.75, 3.05) is 32.8 Å². The molecule has 3 heterocycles. The normalized spacial score (nSPS) is 18.6. The zero-order valence-corrected chi connectivity index (χ0v) is 20.2. The third kappa shape index (κ3) is 5.64. The average molecular weight is 472 g/mol. The molecule has 0 bridgehead atoms. The summed E-state index contributed by atoms with van der Waals surface area (Å²) in [6.45, 7) is 3.41. The van der Waals surface area contributed by atoms with E-state index in [0.717, 1.165) is 57.3 Å². The minimum absolute atomic E-state index is 0.0696. The van der Waals surface area contributed by atoms with E-state index < -0.39 is 0 Å². The molecule has 6 heteroatoms. The van der Waals surface area contributed by atoms with Gasteiger partial charge in [0.1, 0.15) is 12.4 Å². The van der Waals surface area contributed by atoms with Gasteiger partial charge in [-0.2, -0.15) is 0 Å². The number of hydrogen-bond donors (Lipinski definition) is 0. The van der Waals surface area contributed by atoms with Crippen LogP contribution in [0.25, 0.3) is 10.9 Å². The highest BCUT2D eigenvalue weighted by molar-refractivity contribution is 5.94. The number of likely N-dealkylation sites (tertiary alicyclic amines) is 2. The molecule has 2 amide bonds. The van der Waals surface area contributed by atoms with Crippen molar-refractivity contribution in [2.24, 2.45) is 5.92 Å². The molecule has 2 saturated heterocycles. The largest absolute Gasteiger partial charge is 0.492 e. The van der Waals surface area contributed by atoms with E-state index in [-0.39, 0.29) is 11.8 Å². The number of carbonyl (C=O) groups excluding carboxylic acids is 2. The number of fused-ring (bicyclic) bond motifs is 1. The smallest absolute Gasteiger partial charge is 0.253 e. The van der Waals surface area contributed by atoms with Gasteiger partial charge in [-0.05, 0) is 73.9 Å². The van der Waals surface area contributed by atoms with Crippen LogP contribution < -0.4 is 4.74 Å². The molecule has 3 aromatic rings. The summed E-state index contributed by atoms with van der Waals surface area (Å²) < 4.78 is 5.87. The third-order valence-corrected chi connectivity index (χ3v) is 7.27. The van der Waals surface area contributed by atoms with Gasteiger partial charge in [-0.25, -0.2) is 0 Å². The van der Waals surface area contributed by atoms with Crippen LogP contribution in [-0.4, -0.2) is 59.4 Å². The molecule has 0 N–H and O–H groups in total. The molecule has 35 heavy (non-hydrogen) atoms. The fourth-order valence-corrected chi connectivity index (χ4v) is 5.33. The molecule has 2 aromatic carbocycles. The summed E-state index contributed by atoms with van der Waals surface area (Å²) in [5.74, 6) is 1.51. The predicted octanol–water partition coefficient (Wildman–Crippen LogP) is 4.72. The number of pyridine rings is 1. The summed E-state index contributed by atoms with van der Waals surface area (Å²) >= 11 is 0. The maximum Gasteiger partial charge on any atom is 0.253 e. The fraction of sp³-hybridized carbons (Fsp3) is 0.414. The molecule has 0 unspecified atom stereocenters. The lowest BCUT2D eigenvalue weighted by Gasteiger charge is -2.21. The van der Waals surface area contributed by atoms with Crippen molar-refractivity contribution in [1.82, 2.24) is 14.8 Å². The molecule has 5 rings (SSSR count). The highest BCUT2D eigenvalue weighted by Crippen LogP contribution is 2.26. The molecule has 1 aromatic heterocycles. The SMILES string of the molecule is O=C1CCCN1CCOc1cccc(C(=O)N2CCC[C@@H](Cc3ccnc4ccccc34)CC2)c1. The Bertz CT molecular complexity index is 1190. The Balaban J connectivity index is 1.17. The van der Waals surface area contributed by atoms with Crippen LogP contribution in [0.1, 0.15) is 48.0 Å². The van der Waals surface area contributed by atoms with E-state index in [1.165, 1.54) is 10.9 Å². The van der Waals surface area contributed by atoms with Crippen LogP contribution in [0.2, 0.25) is 0 Å². The van der Waals surface area contributed by atoms with Crippen LogP contribution in [0.5, 0.6) is 5.75 Å². The van der Waals surface area contributed by atoms with Gasteiger partial charge in [-0.3, -0.25) is 14.6 Å². The summed E-state index contributed by atoms with van der Waals surface area (Å²) in [7, 11) is 0. The minimum atomic E-state index is 0.0696. The summed E-state index contributed by atoms with van der Waals surface area (Å²) in [6, 6.07) is 17.9. The van der Waals surface area contributed by atoms with Crippen LogP contribution in [0.4, 0.5) is 0 Å². The van der Waals surface area contributed by atoms with E-state index in [1.54, 1.807) is 0 Å². The van der Waals surface area contributed by atoms with Gasteiger partial charge >= 0.3 is 0 Å². The molecule has 1 atom stereocenters. The highest BCUT2D eigenvalue weighted by Gasteiger charge is 2.23. The number of para-hydroxylation sites is 1. The molecule has 0 aliphatic carbocycles. The quantitative estimate of drug-likeness (QED) is 0.500.